The van der Waals surface area contributed by atoms with E-state index in [1.807, 2.05) is 0 Å². The van der Waals surface area contributed by atoms with Crippen LogP contribution >= 0.6 is 0 Å². The van der Waals surface area contributed by atoms with Crippen LogP contribution in [0.15, 0.2) is 176 Å². The lowest BCUT2D eigenvalue weighted by molar-refractivity contribution is 1.10. The average molecular weight is 600 g/mol. The minimum atomic E-state index is 1.13. The first-order valence-corrected chi connectivity index (χ1v) is 16.1. The molecule has 47 heavy (non-hydrogen) atoms. The quantitative estimate of drug-likeness (QED) is 0.191. The molecular weight excluding hydrogens is 571 g/mol. The maximum atomic E-state index is 2.41. The van der Waals surface area contributed by atoms with Crippen molar-refractivity contribution >= 4 is 54.5 Å². The Hall–Kier alpha value is -6.32. The average Bonchev–Trinajstić information content (AvgIpc) is 3.82. The lowest BCUT2D eigenvalue weighted by Gasteiger charge is -2.12. The number of nitrogens with zero attached hydrogens (tertiary/aromatic N) is 3. The fraction of sp³-hybridized carbons (Fsp3) is 0. The Balaban J connectivity index is 1.17. The van der Waals surface area contributed by atoms with Gasteiger partial charge >= 0.3 is 0 Å². The zero-order valence-corrected chi connectivity index (χ0v) is 25.6. The van der Waals surface area contributed by atoms with Gasteiger partial charge in [0.05, 0.1) is 27.6 Å². The van der Waals surface area contributed by atoms with E-state index >= 15 is 0 Å². The first kappa shape index (κ1) is 26.0. The zero-order chi connectivity index (χ0) is 30.9. The Morgan fingerprint density at radius 2 is 0.915 bits per heavy atom. The minimum absolute atomic E-state index is 1.13. The van der Waals surface area contributed by atoms with Gasteiger partial charge in [-0.05, 0) is 77.9 Å². The molecule has 3 nitrogen and oxygen atoms in total. The van der Waals surface area contributed by atoms with Crippen LogP contribution in [-0.2, 0) is 0 Å². The summed E-state index contributed by atoms with van der Waals surface area (Å²) in [5.41, 5.74) is 12.0. The summed E-state index contributed by atoms with van der Waals surface area (Å²) < 4.78 is 7.14. The third-order valence-electron chi connectivity index (χ3n) is 9.66. The van der Waals surface area contributed by atoms with Crippen LogP contribution in [0.25, 0.3) is 82.7 Å². The van der Waals surface area contributed by atoms with Crippen LogP contribution in [0.2, 0.25) is 0 Å². The molecule has 3 heteroatoms. The third kappa shape index (κ3) is 3.87. The summed E-state index contributed by atoms with van der Waals surface area (Å²) in [5.74, 6) is 0. The second kappa shape index (κ2) is 10.1. The van der Waals surface area contributed by atoms with E-state index in [1.165, 1.54) is 71.3 Å². The number of benzene rings is 7. The van der Waals surface area contributed by atoms with Crippen molar-refractivity contribution in [1.29, 1.82) is 0 Å². The third-order valence-corrected chi connectivity index (χ3v) is 9.66. The van der Waals surface area contributed by atoms with Crippen LogP contribution in [-0.4, -0.2) is 13.7 Å². The summed E-state index contributed by atoms with van der Waals surface area (Å²) in [5, 5.41) is 6.29. The van der Waals surface area contributed by atoms with Gasteiger partial charge in [0.1, 0.15) is 0 Å². The number of para-hydroxylation sites is 3. The van der Waals surface area contributed by atoms with E-state index in [0.29, 0.717) is 0 Å². The largest absolute Gasteiger partial charge is 0.316 e. The maximum absolute atomic E-state index is 2.41. The van der Waals surface area contributed by atoms with Crippen molar-refractivity contribution < 1.29 is 0 Å². The van der Waals surface area contributed by atoms with Gasteiger partial charge in [0, 0.05) is 50.2 Å². The molecule has 0 bridgehead atoms. The Morgan fingerprint density at radius 1 is 0.298 bits per heavy atom. The van der Waals surface area contributed by atoms with E-state index < -0.39 is 0 Å². The van der Waals surface area contributed by atoms with Gasteiger partial charge in [-0.1, -0.05) is 103 Å². The molecule has 0 unspecified atom stereocenters. The number of hydrogen-bond acceptors (Lipinski definition) is 0. The molecule has 0 aliphatic carbocycles. The van der Waals surface area contributed by atoms with Gasteiger partial charge in [-0.15, -0.1) is 0 Å². The van der Waals surface area contributed by atoms with Crippen molar-refractivity contribution in [2.45, 2.75) is 0 Å². The fourth-order valence-electron chi connectivity index (χ4n) is 7.59. The Labute approximate surface area is 271 Å². The van der Waals surface area contributed by atoms with E-state index in [1.54, 1.807) is 0 Å². The monoisotopic (exact) mass is 599 g/mol. The van der Waals surface area contributed by atoms with Gasteiger partial charge in [-0.25, -0.2) is 0 Å². The van der Waals surface area contributed by atoms with Crippen molar-refractivity contribution in [2.75, 3.05) is 0 Å². The highest BCUT2D eigenvalue weighted by molar-refractivity contribution is 6.18. The van der Waals surface area contributed by atoms with Crippen LogP contribution in [0.3, 0.4) is 0 Å². The second-order valence-corrected chi connectivity index (χ2v) is 12.2. The Bertz CT molecular complexity index is 2780. The maximum Gasteiger partial charge on any atom is 0.0635 e. The molecule has 3 aromatic heterocycles. The minimum Gasteiger partial charge on any atom is -0.316 e. The molecular formula is C44H29N3. The molecule has 0 saturated carbocycles. The topological polar surface area (TPSA) is 14.8 Å². The standard InChI is InChI=1S/C44H29N3/c1-3-12-30(13-4-1)31-22-24-43-39(28-31)36-19-8-9-20-41(36)46(43)34-17-11-16-33(29-34)45-27-26-38-40(45)25-23-37-35-18-7-10-21-42(35)47(44(37)38)32-14-5-2-6-15-32/h1-29H. The highest BCUT2D eigenvalue weighted by Gasteiger charge is 2.18. The first-order valence-electron chi connectivity index (χ1n) is 16.1. The molecule has 0 saturated heterocycles. The van der Waals surface area contributed by atoms with Crippen molar-refractivity contribution in [3.63, 3.8) is 0 Å². The fourth-order valence-corrected chi connectivity index (χ4v) is 7.59. The highest BCUT2D eigenvalue weighted by atomic mass is 15.0. The predicted octanol–water partition coefficient (Wildman–Crippen LogP) is 11.5. The molecule has 0 aliphatic heterocycles. The van der Waals surface area contributed by atoms with Gasteiger partial charge in [0.2, 0.25) is 0 Å². The van der Waals surface area contributed by atoms with Gasteiger partial charge in [0.15, 0.2) is 0 Å². The smallest absolute Gasteiger partial charge is 0.0635 e. The second-order valence-electron chi connectivity index (χ2n) is 12.2. The van der Waals surface area contributed by atoms with E-state index in [0.717, 1.165) is 11.4 Å². The van der Waals surface area contributed by atoms with E-state index in [4.69, 9.17) is 0 Å². The molecule has 0 atom stereocenters. The Kier molecular flexibility index (Phi) is 5.57. The molecule has 220 valence electrons. The predicted molar refractivity (Wildman–Crippen MR) is 197 cm³/mol. The van der Waals surface area contributed by atoms with Crippen molar-refractivity contribution in [1.82, 2.24) is 13.7 Å². The summed E-state index contributed by atoms with van der Waals surface area (Å²) in [4.78, 5) is 0. The molecule has 0 spiro atoms. The van der Waals surface area contributed by atoms with Gasteiger partial charge in [0.25, 0.3) is 0 Å². The summed E-state index contributed by atoms with van der Waals surface area (Å²) >= 11 is 0. The van der Waals surface area contributed by atoms with Crippen LogP contribution in [0.1, 0.15) is 0 Å². The first-order chi connectivity index (χ1) is 23.3. The van der Waals surface area contributed by atoms with Gasteiger partial charge < -0.3 is 13.7 Å². The number of rotatable bonds is 4. The molecule has 10 aromatic rings. The summed E-state index contributed by atoms with van der Waals surface area (Å²) in [6, 6.07) is 61.4. The lowest BCUT2D eigenvalue weighted by atomic mass is 10.0. The molecule has 0 radical (unpaired) electrons. The number of hydrogen-bond donors (Lipinski definition) is 0. The molecule has 0 amide bonds. The molecule has 7 aromatic carbocycles. The van der Waals surface area contributed by atoms with Crippen molar-refractivity contribution in [2.24, 2.45) is 0 Å². The SMILES string of the molecule is c1ccc(-c2ccc3c(c2)c2ccccc2n3-c2cccc(-n3ccc4c3ccc3c5ccccc5n(-c5ccccc5)c34)c2)cc1. The summed E-state index contributed by atoms with van der Waals surface area (Å²) in [6.45, 7) is 0. The molecule has 3 heterocycles. The van der Waals surface area contributed by atoms with Gasteiger partial charge in [-0.2, -0.15) is 0 Å². The number of aromatic nitrogens is 3. The van der Waals surface area contributed by atoms with E-state index in [9.17, 15) is 0 Å². The normalized spacial score (nSPS) is 11.8. The van der Waals surface area contributed by atoms with Crippen molar-refractivity contribution in [3.05, 3.63) is 176 Å². The highest BCUT2D eigenvalue weighted by Crippen LogP contribution is 2.39. The molecule has 10 rings (SSSR count). The Morgan fingerprint density at radius 3 is 1.72 bits per heavy atom. The van der Waals surface area contributed by atoms with Crippen LogP contribution in [0, 0.1) is 0 Å². The molecule has 0 fully saturated rings. The van der Waals surface area contributed by atoms with Crippen molar-refractivity contribution in [3.8, 4) is 28.2 Å². The van der Waals surface area contributed by atoms with Crippen LogP contribution in [0.4, 0.5) is 0 Å². The number of fused-ring (bicyclic) bond motifs is 8. The molecule has 0 aliphatic rings. The van der Waals surface area contributed by atoms with E-state index in [-0.39, 0.29) is 0 Å². The van der Waals surface area contributed by atoms with Crippen LogP contribution < -0.4 is 0 Å². The van der Waals surface area contributed by atoms with Crippen LogP contribution in [0.5, 0.6) is 0 Å². The summed E-state index contributed by atoms with van der Waals surface area (Å²) in [7, 11) is 0. The van der Waals surface area contributed by atoms with Gasteiger partial charge in [-0.3, -0.25) is 0 Å². The zero-order valence-electron chi connectivity index (χ0n) is 25.6. The lowest BCUT2D eigenvalue weighted by Crippen LogP contribution is -1.98. The summed E-state index contributed by atoms with van der Waals surface area (Å²) in [6.07, 6.45) is 2.22. The molecule has 0 N–H and O–H groups in total. The van der Waals surface area contributed by atoms with E-state index in [2.05, 4.69) is 190 Å².